The van der Waals surface area contributed by atoms with Crippen LogP contribution in [-0.4, -0.2) is 4.98 Å². The summed E-state index contributed by atoms with van der Waals surface area (Å²) < 4.78 is 7.44. The first-order valence-corrected chi connectivity index (χ1v) is 19.3. The Bertz CT molecular complexity index is 3180. The number of hydrogen-bond donors (Lipinski definition) is 0. The minimum absolute atomic E-state index is 0.885. The molecule has 11 rings (SSSR count). The van der Waals surface area contributed by atoms with Gasteiger partial charge in [-0.25, -0.2) is 4.98 Å². The summed E-state index contributed by atoms with van der Waals surface area (Å²) in [5, 5.41) is 8.23. The molecule has 0 aliphatic heterocycles. The molecule has 3 nitrogen and oxygen atoms in total. The Morgan fingerprint density at radius 3 is 1.73 bits per heavy atom. The molecule has 4 heteroatoms. The number of nitrogens with zero attached hydrogens (tertiary/aromatic N) is 2. The van der Waals surface area contributed by atoms with Crippen LogP contribution in [-0.2, 0) is 0 Å². The Kier molecular flexibility index (Phi) is 7.35. The molecular weight excluding hydrogens is 689 g/mol. The van der Waals surface area contributed by atoms with Crippen LogP contribution in [0.25, 0.3) is 86.5 Å². The Morgan fingerprint density at radius 1 is 0.400 bits per heavy atom. The summed E-state index contributed by atoms with van der Waals surface area (Å²) in [6.07, 6.45) is 0. The third kappa shape index (κ3) is 5.46. The maximum Gasteiger partial charge on any atom is 0.135 e. The highest BCUT2D eigenvalue weighted by atomic mass is 32.1. The molecule has 0 atom stereocenters. The van der Waals surface area contributed by atoms with E-state index in [1.807, 2.05) is 12.1 Å². The van der Waals surface area contributed by atoms with E-state index in [9.17, 15) is 0 Å². The van der Waals surface area contributed by atoms with Crippen LogP contribution in [0.5, 0.6) is 0 Å². The average Bonchev–Trinajstić information content (AvgIpc) is 3.87. The molecule has 0 unspecified atom stereocenters. The van der Waals surface area contributed by atoms with Gasteiger partial charge in [-0.05, 0) is 99.1 Å². The van der Waals surface area contributed by atoms with Gasteiger partial charge in [-0.3, -0.25) is 0 Å². The van der Waals surface area contributed by atoms with Gasteiger partial charge in [0, 0.05) is 38.8 Å². The first-order chi connectivity index (χ1) is 27.2. The Morgan fingerprint density at radius 2 is 0.964 bits per heavy atom. The predicted molar refractivity (Wildman–Crippen MR) is 233 cm³/mol. The van der Waals surface area contributed by atoms with Crippen molar-refractivity contribution in [2.24, 2.45) is 0 Å². The summed E-state index contributed by atoms with van der Waals surface area (Å²) in [5.74, 6) is 0. The summed E-state index contributed by atoms with van der Waals surface area (Å²) in [5.41, 5.74) is 11.9. The summed E-state index contributed by atoms with van der Waals surface area (Å²) in [6, 6.07) is 69.2. The molecule has 0 aliphatic carbocycles. The van der Waals surface area contributed by atoms with Gasteiger partial charge in [0.15, 0.2) is 0 Å². The summed E-state index contributed by atoms with van der Waals surface area (Å²) in [7, 11) is 0. The molecule has 11 aromatic rings. The predicted octanol–water partition coefficient (Wildman–Crippen LogP) is 15.0. The summed E-state index contributed by atoms with van der Waals surface area (Å²) in [4.78, 5) is 7.39. The molecule has 0 radical (unpaired) electrons. The number of rotatable bonds is 6. The smallest absolute Gasteiger partial charge is 0.135 e. The summed E-state index contributed by atoms with van der Waals surface area (Å²) >= 11 is 1.78. The third-order valence-corrected chi connectivity index (χ3v) is 11.8. The van der Waals surface area contributed by atoms with Gasteiger partial charge in [0.2, 0.25) is 0 Å². The van der Waals surface area contributed by atoms with Gasteiger partial charge >= 0.3 is 0 Å². The van der Waals surface area contributed by atoms with Crippen molar-refractivity contribution in [1.29, 1.82) is 0 Å². The van der Waals surface area contributed by atoms with Gasteiger partial charge in [-0.2, -0.15) is 0 Å². The van der Waals surface area contributed by atoms with E-state index in [2.05, 4.69) is 187 Å². The van der Waals surface area contributed by atoms with Crippen LogP contribution >= 0.6 is 11.3 Å². The lowest BCUT2D eigenvalue weighted by Gasteiger charge is -2.26. The molecule has 258 valence electrons. The van der Waals surface area contributed by atoms with Crippen molar-refractivity contribution in [3.8, 4) is 32.8 Å². The second-order valence-corrected chi connectivity index (χ2v) is 15.0. The maximum absolute atomic E-state index is 6.21. The fraction of sp³-hybridized carbons (Fsp3) is 0. The van der Waals surface area contributed by atoms with E-state index in [-0.39, 0.29) is 0 Å². The van der Waals surface area contributed by atoms with Crippen LogP contribution < -0.4 is 4.90 Å². The molecule has 0 spiro atoms. The molecule has 0 fully saturated rings. The molecular formula is C51H32N2OS. The van der Waals surface area contributed by atoms with Crippen LogP contribution in [0.15, 0.2) is 199 Å². The molecule has 0 saturated carbocycles. The lowest BCUT2D eigenvalue weighted by Crippen LogP contribution is -2.09. The van der Waals surface area contributed by atoms with Gasteiger partial charge in [0.05, 0.1) is 10.2 Å². The topological polar surface area (TPSA) is 29.3 Å². The minimum Gasteiger partial charge on any atom is -0.456 e. The maximum atomic E-state index is 6.21. The molecule has 2 aromatic heterocycles. The van der Waals surface area contributed by atoms with E-state index in [0.29, 0.717) is 0 Å². The quantitative estimate of drug-likeness (QED) is 0.160. The van der Waals surface area contributed by atoms with E-state index in [0.717, 1.165) is 55.1 Å². The zero-order valence-corrected chi connectivity index (χ0v) is 30.5. The lowest BCUT2D eigenvalue weighted by atomic mass is 9.96. The number of anilines is 3. The van der Waals surface area contributed by atoms with Crippen LogP contribution in [0, 0.1) is 0 Å². The Labute approximate surface area is 322 Å². The van der Waals surface area contributed by atoms with E-state index in [4.69, 9.17) is 9.40 Å². The number of fused-ring (bicyclic) bond motifs is 8. The molecule has 2 heterocycles. The number of para-hydroxylation sites is 1. The molecule has 0 saturated heterocycles. The van der Waals surface area contributed by atoms with Crippen molar-refractivity contribution in [2.45, 2.75) is 0 Å². The van der Waals surface area contributed by atoms with Crippen LogP contribution in [0.3, 0.4) is 0 Å². The molecule has 0 amide bonds. The largest absolute Gasteiger partial charge is 0.456 e. The molecule has 55 heavy (non-hydrogen) atoms. The zero-order chi connectivity index (χ0) is 36.3. The van der Waals surface area contributed by atoms with E-state index >= 15 is 0 Å². The number of aromatic nitrogens is 1. The van der Waals surface area contributed by atoms with Crippen molar-refractivity contribution < 1.29 is 4.42 Å². The fourth-order valence-corrected chi connectivity index (χ4v) is 9.08. The number of furan rings is 1. The highest BCUT2D eigenvalue weighted by Gasteiger charge is 2.17. The van der Waals surface area contributed by atoms with Gasteiger partial charge in [0.25, 0.3) is 0 Å². The molecule has 0 bridgehead atoms. The molecule has 0 N–H and O–H groups in total. The first kappa shape index (κ1) is 31.5. The highest BCUT2D eigenvalue weighted by Crippen LogP contribution is 2.42. The van der Waals surface area contributed by atoms with E-state index in [1.165, 1.54) is 48.5 Å². The number of thiazole rings is 1. The van der Waals surface area contributed by atoms with E-state index in [1.54, 1.807) is 11.3 Å². The second-order valence-electron chi connectivity index (χ2n) is 14.0. The van der Waals surface area contributed by atoms with Crippen LogP contribution in [0.1, 0.15) is 0 Å². The van der Waals surface area contributed by atoms with Crippen LogP contribution in [0.4, 0.5) is 17.1 Å². The van der Waals surface area contributed by atoms with Gasteiger partial charge in [-0.15, -0.1) is 11.3 Å². The summed E-state index contributed by atoms with van der Waals surface area (Å²) in [6.45, 7) is 0. The SMILES string of the molecule is c1ccc(-c2ccc(N(c3ccc(-c4ccc5ccc6ccc7nc(-c8ccccc8)sc7c6c5c4)cc3)c3ccc4oc5ccccc5c4c3)cc2)cc1. The van der Waals surface area contributed by atoms with Crippen molar-refractivity contribution in [2.75, 3.05) is 4.90 Å². The fourth-order valence-electron chi connectivity index (χ4n) is 7.94. The highest BCUT2D eigenvalue weighted by molar-refractivity contribution is 7.22. The van der Waals surface area contributed by atoms with Gasteiger partial charge < -0.3 is 9.32 Å². The second kappa shape index (κ2) is 12.8. The Hall–Kier alpha value is -7.01. The lowest BCUT2D eigenvalue weighted by molar-refractivity contribution is 0.669. The van der Waals surface area contributed by atoms with Gasteiger partial charge in [-0.1, -0.05) is 133 Å². The first-order valence-electron chi connectivity index (χ1n) is 18.5. The van der Waals surface area contributed by atoms with Crippen LogP contribution in [0.2, 0.25) is 0 Å². The average molecular weight is 721 g/mol. The van der Waals surface area contributed by atoms with E-state index < -0.39 is 0 Å². The molecule has 0 aliphatic rings. The van der Waals surface area contributed by atoms with Crippen molar-refractivity contribution >= 4 is 82.1 Å². The number of hydrogen-bond acceptors (Lipinski definition) is 4. The normalized spacial score (nSPS) is 11.6. The number of benzene rings is 9. The third-order valence-electron chi connectivity index (χ3n) is 10.7. The zero-order valence-electron chi connectivity index (χ0n) is 29.7. The Balaban J connectivity index is 1.02. The monoisotopic (exact) mass is 720 g/mol. The van der Waals surface area contributed by atoms with Crippen molar-refractivity contribution in [1.82, 2.24) is 4.98 Å². The molecule has 9 aromatic carbocycles. The van der Waals surface area contributed by atoms with Gasteiger partial charge in [0.1, 0.15) is 16.2 Å². The van der Waals surface area contributed by atoms with Crippen molar-refractivity contribution in [3.05, 3.63) is 194 Å². The minimum atomic E-state index is 0.885. The standard InChI is InChI=1S/C51H32N2OS/c1-3-9-33(10-4-1)34-19-24-40(25-20-34)53(42-28-30-48-45(32-42)43-13-7-8-14-47(43)54-48)41-26-21-35(22-27-41)39-18-16-36-15-17-37-23-29-46-50(49(37)44(36)31-39)55-51(52-46)38-11-5-2-6-12-38/h1-32H. The van der Waals surface area contributed by atoms with Crippen molar-refractivity contribution in [3.63, 3.8) is 0 Å².